The highest BCUT2D eigenvalue weighted by Gasteiger charge is 2.11. The zero-order valence-electron chi connectivity index (χ0n) is 11.1. The maximum Gasteiger partial charge on any atom is 0.340 e. The number of aromatic nitrogens is 1. The van der Waals surface area contributed by atoms with Gasteiger partial charge in [0.2, 0.25) is 0 Å². The minimum Gasteiger partial charge on any atom is -0.456 e. The number of hydrogen-bond donors (Lipinski definition) is 0. The number of esters is 1. The molecule has 3 nitrogen and oxygen atoms in total. The largest absolute Gasteiger partial charge is 0.456 e. The Morgan fingerprint density at radius 3 is 2.62 bits per heavy atom. The van der Waals surface area contributed by atoms with Crippen LogP contribution in [-0.4, -0.2) is 11.0 Å². The second-order valence-corrected chi connectivity index (χ2v) is 4.96. The number of carbonyl (C=O) groups excluding carboxylic acids is 1. The van der Waals surface area contributed by atoms with Crippen molar-refractivity contribution < 1.29 is 9.53 Å². The van der Waals surface area contributed by atoms with Crippen LogP contribution >= 0.6 is 11.6 Å². The fraction of sp³-hybridized carbons (Fsp3) is 0.0588. The zero-order chi connectivity index (χ0) is 14.7. The van der Waals surface area contributed by atoms with Gasteiger partial charge in [-0.15, -0.1) is 0 Å². The third kappa shape index (κ3) is 3.03. The van der Waals surface area contributed by atoms with Crippen molar-refractivity contribution in [1.29, 1.82) is 0 Å². The molecule has 4 heteroatoms. The van der Waals surface area contributed by atoms with Gasteiger partial charge in [-0.3, -0.25) is 0 Å². The number of para-hydroxylation sites is 1. The molecule has 2 aromatic carbocycles. The molecule has 0 bridgehead atoms. The van der Waals surface area contributed by atoms with Crippen LogP contribution in [0.15, 0.2) is 60.7 Å². The van der Waals surface area contributed by atoms with Crippen LogP contribution in [0.3, 0.4) is 0 Å². The van der Waals surface area contributed by atoms with Gasteiger partial charge in [0.15, 0.2) is 0 Å². The Kier molecular flexibility index (Phi) is 3.84. The van der Waals surface area contributed by atoms with Gasteiger partial charge < -0.3 is 4.74 Å². The fourth-order valence-electron chi connectivity index (χ4n) is 2.03. The average Bonchev–Trinajstić information content (AvgIpc) is 2.53. The van der Waals surface area contributed by atoms with E-state index in [4.69, 9.17) is 16.3 Å². The topological polar surface area (TPSA) is 39.2 Å². The lowest BCUT2D eigenvalue weighted by Gasteiger charge is -2.06. The molecular weight excluding hydrogens is 286 g/mol. The van der Waals surface area contributed by atoms with Crippen LogP contribution in [0.1, 0.15) is 16.1 Å². The van der Waals surface area contributed by atoms with E-state index in [1.165, 1.54) is 0 Å². The summed E-state index contributed by atoms with van der Waals surface area (Å²) in [7, 11) is 0. The summed E-state index contributed by atoms with van der Waals surface area (Å²) in [6.45, 7) is 0.120. The van der Waals surface area contributed by atoms with Crippen molar-refractivity contribution in [3.63, 3.8) is 0 Å². The monoisotopic (exact) mass is 297 g/mol. The normalized spacial score (nSPS) is 10.5. The fourth-order valence-corrected chi connectivity index (χ4v) is 2.25. The number of pyridine rings is 1. The van der Waals surface area contributed by atoms with Gasteiger partial charge >= 0.3 is 5.97 Å². The van der Waals surface area contributed by atoms with E-state index >= 15 is 0 Å². The molecule has 0 fully saturated rings. The summed E-state index contributed by atoms with van der Waals surface area (Å²) < 4.78 is 5.26. The van der Waals surface area contributed by atoms with Crippen LogP contribution in [0.2, 0.25) is 5.02 Å². The van der Waals surface area contributed by atoms with Crippen LogP contribution < -0.4 is 0 Å². The molecule has 0 unspecified atom stereocenters. The highest BCUT2D eigenvalue weighted by atomic mass is 35.5. The maximum absolute atomic E-state index is 12.0. The first-order valence-corrected chi connectivity index (χ1v) is 6.88. The summed E-state index contributed by atoms with van der Waals surface area (Å²) in [5.41, 5.74) is 1.94. The summed E-state index contributed by atoms with van der Waals surface area (Å²) >= 11 is 5.96. The van der Waals surface area contributed by atoms with E-state index in [0.29, 0.717) is 16.3 Å². The standard InChI is InChI=1S/C17H12ClNO2/c18-15-7-3-2-6-14(15)17(20)21-11-13-10-9-12-5-1-4-8-16(12)19-13/h1-10H,11H2. The summed E-state index contributed by atoms with van der Waals surface area (Å²) in [5, 5.41) is 1.44. The molecule has 0 saturated heterocycles. The number of ether oxygens (including phenoxy) is 1. The van der Waals surface area contributed by atoms with Crippen LogP contribution in [0, 0.1) is 0 Å². The average molecular weight is 298 g/mol. The summed E-state index contributed by atoms with van der Waals surface area (Å²) in [6, 6.07) is 18.4. The Balaban J connectivity index is 1.74. The molecule has 0 radical (unpaired) electrons. The molecule has 0 N–H and O–H groups in total. The first-order valence-electron chi connectivity index (χ1n) is 6.50. The highest BCUT2D eigenvalue weighted by Crippen LogP contribution is 2.17. The van der Waals surface area contributed by atoms with Gasteiger partial charge in [-0.25, -0.2) is 9.78 Å². The van der Waals surface area contributed by atoms with Crippen LogP contribution in [-0.2, 0) is 11.3 Å². The lowest BCUT2D eigenvalue weighted by molar-refractivity contribution is 0.0468. The number of carbonyl (C=O) groups is 1. The summed E-state index contributed by atoms with van der Waals surface area (Å²) in [4.78, 5) is 16.4. The van der Waals surface area contributed by atoms with Crippen molar-refractivity contribution in [2.75, 3.05) is 0 Å². The van der Waals surface area contributed by atoms with Gasteiger partial charge in [-0.1, -0.05) is 48.0 Å². The predicted octanol–water partition coefficient (Wildman–Crippen LogP) is 4.25. The first-order chi connectivity index (χ1) is 10.2. The lowest BCUT2D eigenvalue weighted by atomic mass is 10.2. The Bertz CT molecular complexity index is 801. The summed E-state index contributed by atoms with van der Waals surface area (Å²) in [6.07, 6.45) is 0. The van der Waals surface area contributed by atoms with Crippen LogP contribution in [0.4, 0.5) is 0 Å². The third-order valence-electron chi connectivity index (χ3n) is 3.10. The minimum absolute atomic E-state index is 0.120. The molecule has 1 aromatic heterocycles. The molecule has 3 rings (SSSR count). The van der Waals surface area contributed by atoms with E-state index in [1.54, 1.807) is 24.3 Å². The van der Waals surface area contributed by atoms with Gasteiger partial charge in [0.1, 0.15) is 6.61 Å². The van der Waals surface area contributed by atoms with Crippen LogP contribution in [0.25, 0.3) is 10.9 Å². The molecular formula is C17H12ClNO2. The van der Waals surface area contributed by atoms with Crippen molar-refractivity contribution in [1.82, 2.24) is 4.98 Å². The molecule has 0 aliphatic carbocycles. The molecule has 21 heavy (non-hydrogen) atoms. The van der Waals surface area contributed by atoms with Crippen LogP contribution in [0.5, 0.6) is 0 Å². The quantitative estimate of drug-likeness (QED) is 0.679. The Labute approximate surface area is 127 Å². The van der Waals surface area contributed by atoms with Crippen molar-refractivity contribution in [2.24, 2.45) is 0 Å². The first kappa shape index (κ1) is 13.6. The molecule has 0 aliphatic heterocycles. The molecule has 0 atom stereocenters. The number of hydrogen-bond acceptors (Lipinski definition) is 3. The number of fused-ring (bicyclic) bond motifs is 1. The third-order valence-corrected chi connectivity index (χ3v) is 3.43. The molecule has 0 saturated carbocycles. The van der Waals surface area contributed by atoms with Gasteiger partial charge in [-0.2, -0.15) is 0 Å². The van der Waals surface area contributed by atoms with Crippen molar-refractivity contribution in [2.45, 2.75) is 6.61 Å². The maximum atomic E-state index is 12.0. The van der Waals surface area contributed by atoms with Crippen molar-refractivity contribution >= 4 is 28.5 Å². The number of halogens is 1. The van der Waals surface area contributed by atoms with Crippen molar-refractivity contribution in [3.8, 4) is 0 Å². The van der Waals surface area contributed by atoms with Gasteiger partial charge in [0.25, 0.3) is 0 Å². The number of rotatable bonds is 3. The molecule has 0 aliphatic rings. The van der Waals surface area contributed by atoms with Crippen molar-refractivity contribution in [3.05, 3.63) is 76.9 Å². The Morgan fingerprint density at radius 2 is 1.76 bits per heavy atom. The molecule has 3 aromatic rings. The molecule has 1 heterocycles. The highest BCUT2D eigenvalue weighted by molar-refractivity contribution is 6.33. The molecule has 104 valence electrons. The number of nitrogens with zero attached hydrogens (tertiary/aromatic N) is 1. The second-order valence-electron chi connectivity index (χ2n) is 4.55. The van der Waals surface area contributed by atoms with E-state index in [-0.39, 0.29) is 6.61 Å². The zero-order valence-corrected chi connectivity index (χ0v) is 11.9. The minimum atomic E-state index is -0.449. The SMILES string of the molecule is O=C(OCc1ccc2ccccc2n1)c1ccccc1Cl. The second kappa shape index (κ2) is 5.94. The van der Waals surface area contributed by atoms with E-state index in [1.807, 2.05) is 36.4 Å². The summed E-state index contributed by atoms with van der Waals surface area (Å²) in [5.74, 6) is -0.449. The Morgan fingerprint density at radius 1 is 1.00 bits per heavy atom. The molecule has 0 spiro atoms. The van der Waals surface area contributed by atoms with E-state index in [0.717, 1.165) is 10.9 Å². The van der Waals surface area contributed by atoms with E-state index < -0.39 is 5.97 Å². The smallest absolute Gasteiger partial charge is 0.340 e. The van der Waals surface area contributed by atoms with E-state index in [2.05, 4.69) is 4.98 Å². The Hall–Kier alpha value is -2.39. The molecule has 0 amide bonds. The van der Waals surface area contributed by atoms with Gasteiger partial charge in [0, 0.05) is 5.39 Å². The number of benzene rings is 2. The lowest BCUT2D eigenvalue weighted by Crippen LogP contribution is -2.06. The van der Waals surface area contributed by atoms with Gasteiger partial charge in [-0.05, 0) is 24.3 Å². The van der Waals surface area contributed by atoms with E-state index in [9.17, 15) is 4.79 Å². The van der Waals surface area contributed by atoms with Gasteiger partial charge in [0.05, 0.1) is 21.8 Å². The predicted molar refractivity (Wildman–Crippen MR) is 82.3 cm³/mol.